The summed E-state index contributed by atoms with van der Waals surface area (Å²) < 4.78 is 5.77. The van der Waals surface area contributed by atoms with Gasteiger partial charge in [0.05, 0.1) is 18.5 Å². The van der Waals surface area contributed by atoms with Crippen LogP contribution in [0.2, 0.25) is 0 Å². The van der Waals surface area contributed by atoms with Gasteiger partial charge in [-0.15, -0.1) is 0 Å². The summed E-state index contributed by atoms with van der Waals surface area (Å²) in [4.78, 5) is 8.33. The van der Waals surface area contributed by atoms with Crippen LogP contribution in [0.25, 0.3) is 16.7 Å². The number of rotatable bonds is 2. The van der Waals surface area contributed by atoms with E-state index in [4.69, 9.17) is 4.42 Å². The quantitative estimate of drug-likeness (QED) is 0.826. The molecule has 102 valence electrons. The molecule has 4 heteroatoms. The summed E-state index contributed by atoms with van der Waals surface area (Å²) in [6, 6.07) is 6.43. The molecule has 0 unspecified atom stereocenters. The molecule has 1 aromatic carbocycles. The second-order valence-electron chi connectivity index (χ2n) is 5.14. The number of benzene rings is 1. The van der Waals surface area contributed by atoms with E-state index in [9.17, 15) is 0 Å². The minimum atomic E-state index is 0.899. The van der Waals surface area contributed by atoms with Crippen molar-refractivity contribution in [1.29, 1.82) is 0 Å². The highest BCUT2D eigenvalue weighted by atomic mass is 32.2. The minimum Gasteiger partial charge on any atom is -0.464 e. The lowest BCUT2D eigenvalue weighted by atomic mass is 10.0. The monoisotopic (exact) mass is 284 g/mol. The third-order valence-electron chi connectivity index (χ3n) is 3.96. The van der Waals surface area contributed by atoms with Crippen LogP contribution in [0.4, 0.5) is 0 Å². The van der Waals surface area contributed by atoms with E-state index in [-0.39, 0.29) is 0 Å². The van der Waals surface area contributed by atoms with Crippen LogP contribution in [0.1, 0.15) is 24.5 Å². The van der Waals surface area contributed by atoms with Gasteiger partial charge in [-0.1, -0.05) is 24.8 Å². The molecule has 0 aliphatic carbocycles. The first-order chi connectivity index (χ1) is 9.79. The molecule has 0 saturated carbocycles. The second kappa shape index (κ2) is 4.42. The Morgan fingerprint density at radius 2 is 2.25 bits per heavy atom. The fourth-order valence-electron chi connectivity index (χ4n) is 2.95. The number of aliphatic imine (C=N–C) groups is 1. The van der Waals surface area contributed by atoms with E-state index in [1.807, 2.05) is 11.8 Å². The topological polar surface area (TPSA) is 28.7 Å². The number of nitrogens with zero attached hydrogens (tertiary/aromatic N) is 2. The fourth-order valence-corrected chi connectivity index (χ4v) is 4.08. The number of hydrogen-bond donors (Lipinski definition) is 0. The average Bonchev–Trinajstić information content (AvgIpc) is 3.14. The van der Waals surface area contributed by atoms with E-state index < -0.39 is 0 Å². The van der Waals surface area contributed by atoms with Crippen molar-refractivity contribution in [3.05, 3.63) is 40.5 Å². The molecule has 0 spiro atoms. The van der Waals surface area contributed by atoms with E-state index in [1.54, 1.807) is 6.26 Å². The molecule has 0 fully saturated rings. The van der Waals surface area contributed by atoms with Crippen LogP contribution in [-0.4, -0.2) is 23.2 Å². The average molecular weight is 284 g/mol. The Kier molecular flexibility index (Phi) is 2.67. The lowest BCUT2D eigenvalue weighted by molar-refractivity contribution is 0.607. The van der Waals surface area contributed by atoms with E-state index >= 15 is 0 Å². The van der Waals surface area contributed by atoms with Crippen molar-refractivity contribution in [1.82, 2.24) is 4.90 Å². The Morgan fingerprint density at radius 1 is 1.35 bits per heavy atom. The maximum absolute atomic E-state index is 5.77. The highest BCUT2D eigenvalue weighted by Gasteiger charge is 2.33. The zero-order valence-corrected chi connectivity index (χ0v) is 12.5. The first-order valence-electron chi connectivity index (χ1n) is 6.99. The van der Waals surface area contributed by atoms with Crippen molar-refractivity contribution >= 4 is 33.6 Å². The standard InChI is InChI=1S/C16H16N2OS/c1-3-13-14(18-8-7-17-16(18)20-13)12-5-4-10(2)11-6-9-19-15(11)12/h4-6,9H,3,7-8H2,1-2H3. The Hall–Kier alpha value is -1.68. The van der Waals surface area contributed by atoms with Gasteiger partial charge in [0.25, 0.3) is 0 Å². The van der Waals surface area contributed by atoms with Gasteiger partial charge < -0.3 is 9.32 Å². The van der Waals surface area contributed by atoms with Gasteiger partial charge in [0, 0.05) is 22.4 Å². The predicted octanol–water partition coefficient (Wildman–Crippen LogP) is 4.24. The third-order valence-corrected chi connectivity index (χ3v) is 5.22. The molecule has 1 aromatic heterocycles. The highest BCUT2D eigenvalue weighted by Crippen LogP contribution is 2.45. The summed E-state index contributed by atoms with van der Waals surface area (Å²) in [7, 11) is 0. The van der Waals surface area contributed by atoms with E-state index in [2.05, 4.69) is 41.9 Å². The molecule has 0 bridgehead atoms. The first-order valence-corrected chi connectivity index (χ1v) is 7.81. The minimum absolute atomic E-state index is 0.899. The van der Waals surface area contributed by atoms with Crippen molar-refractivity contribution < 1.29 is 4.42 Å². The lowest BCUT2D eigenvalue weighted by Gasteiger charge is -2.18. The zero-order valence-electron chi connectivity index (χ0n) is 11.6. The first kappa shape index (κ1) is 12.1. The van der Waals surface area contributed by atoms with Crippen LogP contribution in [0.5, 0.6) is 0 Å². The molecule has 0 saturated heterocycles. The van der Waals surface area contributed by atoms with Gasteiger partial charge in [0.1, 0.15) is 5.58 Å². The second-order valence-corrected chi connectivity index (χ2v) is 6.20. The van der Waals surface area contributed by atoms with E-state index in [0.29, 0.717) is 0 Å². The summed E-state index contributed by atoms with van der Waals surface area (Å²) in [5.74, 6) is 0. The largest absolute Gasteiger partial charge is 0.464 e. The van der Waals surface area contributed by atoms with Crippen molar-refractivity contribution in [2.75, 3.05) is 13.1 Å². The molecule has 2 aromatic rings. The number of fused-ring (bicyclic) bond motifs is 2. The molecule has 3 nitrogen and oxygen atoms in total. The highest BCUT2D eigenvalue weighted by molar-refractivity contribution is 8.17. The van der Waals surface area contributed by atoms with Crippen LogP contribution < -0.4 is 0 Å². The molecule has 2 aliphatic heterocycles. The molecule has 2 aliphatic rings. The SMILES string of the molecule is CCC1=C(c2ccc(C)c3ccoc23)N2CCN=C2S1. The van der Waals surface area contributed by atoms with Gasteiger partial charge in [-0.2, -0.15) is 0 Å². The van der Waals surface area contributed by atoms with E-state index in [0.717, 1.165) is 30.3 Å². The van der Waals surface area contributed by atoms with Gasteiger partial charge >= 0.3 is 0 Å². The summed E-state index contributed by atoms with van der Waals surface area (Å²) >= 11 is 1.81. The number of amidine groups is 1. The molecule has 0 N–H and O–H groups in total. The van der Waals surface area contributed by atoms with Crippen molar-refractivity contribution in [3.63, 3.8) is 0 Å². The Morgan fingerprint density at radius 3 is 3.10 bits per heavy atom. The Bertz CT molecular complexity index is 757. The molecular formula is C16H16N2OS. The van der Waals surface area contributed by atoms with Gasteiger partial charge in [-0.05, 0) is 31.0 Å². The zero-order chi connectivity index (χ0) is 13.7. The van der Waals surface area contributed by atoms with Crippen LogP contribution in [0.3, 0.4) is 0 Å². The van der Waals surface area contributed by atoms with Gasteiger partial charge in [0.2, 0.25) is 0 Å². The molecule has 0 radical (unpaired) electrons. The van der Waals surface area contributed by atoms with Crippen LogP contribution >= 0.6 is 11.8 Å². The van der Waals surface area contributed by atoms with E-state index in [1.165, 1.54) is 27.1 Å². The van der Waals surface area contributed by atoms with Crippen LogP contribution in [0.15, 0.2) is 38.8 Å². The van der Waals surface area contributed by atoms with Gasteiger partial charge in [0.15, 0.2) is 5.17 Å². The smallest absolute Gasteiger partial charge is 0.168 e. The molecule has 20 heavy (non-hydrogen) atoms. The number of thioether (sulfide) groups is 1. The lowest BCUT2D eigenvalue weighted by Crippen LogP contribution is -2.20. The van der Waals surface area contributed by atoms with Gasteiger partial charge in [-0.25, -0.2) is 0 Å². The number of allylic oxidation sites excluding steroid dienone is 1. The Labute approximate surface area is 122 Å². The van der Waals surface area contributed by atoms with Gasteiger partial charge in [-0.3, -0.25) is 4.99 Å². The number of aryl methyl sites for hydroxylation is 1. The van der Waals surface area contributed by atoms with Crippen molar-refractivity contribution in [2.45, 2.75) is 20.3 Å². The molecule has 0 amide bonds. The third kappa shape index (κ3) is 1.57. The van der Waals surface area contributed by atoms with Crippen LogP contribution in [-0.2, 0) is 0 Å². The maximum Gasteiger partial charge on any atom is 0.168 e. The van der Waals surface area contributed by atoms with Crippen LogP contribution in [0, 0.1) is 6.92 Å². The van der Waals surface area contributed by atoms with Crippen molar-refractivity contribution in [2.24, 2.45) is 4.99 Å². The summed E-state index contributed by atoms with van der Waals surface area (Å²) in [5, 5.41) is 2.36. The molecule has 0 atom stereocenters. The number of furan rings is 1. The fraction of sp³-hybridized carbons (Fsp3) is 0.312. The summed E-state index contributed by atoms with van der Waals surface area (Å²) in [5.41, 5.74) is 4.76. The normalized spacial score (nSPS) is 18.1. The molecule has 3 heterocycles. The maximum atomic E-state index is 5.77. The predicted molar refractivity (Wildman–Crippen MR) is 84.8 cm³/mol. The molecule has 4 rings (SSSR count). The Balaban J connectivity index is 1.96. The van der Waals surface area contributed by atoms with Crippen molar-refractivity contribution in [3.8, 4) is 0 Å². The number of hydrogen-bond acceptors (Lipinski definition) is 4. The molecular weight excluding hydrogens is 268 g/mol. The summed E-state index contributed by atoms with van der Waals surface area (Å²) in [6.07, 6.45) is 2.82. The summed E-state index contributed by atoms with van der Waals surface area (Å²) in [6.45, 7) is 6.22.